The molecule has 136 valence electrons. The number of hydrogen-bond donors (Lipinski definition) is 1. The molecule has 0 spiro atoms. The van der Waals surface area contributed by atoms with E-state index in [9.17, 15) is 4.79 Å². The summed E-state index contributed by atoms with van der Waals surface area (Å²) in [6.07, 6.45) is 3.51. The summed E-state index contributed by atoms with van der Waals surface area (Å²) in [4.78, 5) is 17.6. The van der Waals surface area contributed by atoms with Crippen LogP contribution in [0.15, 0.2) is 59.4 Å². The average Bonchev–Trinajstić information content (AvgIpc) is 3.08. The van der Waals surface area contributed by atoms with Gasteiger partial charge in [0.1, 0.15) is 5.78 Å². The van der Waals surface area contributed by atoms with Crippen LogP contribution in [0, 0.1) is 5.92 Å². The third kappa shape index (κ3) is 2.67. The van der Waals surface area contributed by atoms with Gasteiger partial charge in [-0.05, 0) is 28.5 Å². The minimum atomic E-state index is -0.238. The predicted octanol–water partition coefficient (Wildman–Crippen LogP) is 4.42. The Morgan fingerprint density at radius 3 is 2.96 bits per heavy atom. The smallest absolute Gasteiger partial charge is 0.227 e. The number of ketones is 1. The molecule has 1 aromatic heterocycles. The normalized spacial score (nSPS) is 21.4. The first-order valence-electron chi connectivity index (χ1n) is 9.33. The Labute approximate surface area is 161 Å². The summed E-state index contributed by atoms with van der Waals surface area (Å²) in [6, 6.07) is 14.5. The average molecular weight is 376 g/mol. The third-order valence-electron chi connectivity index (χ3n) is 5.30. The molecule has 1 N–H and O–H groups in total. The van der Waals surface area contributed by atoms with E-state index in [-0.39, 0.29) is 17.7 Å². The quantitative estimate of drug-likeness (QED) is 0.686. The van der Waals surface area contributed by atoms with Gasteiger partial charge in [0.05, 0.1) is 12.0 Å². The second-order valence-corrected chi connectivity index (χ2v) is 8.11. The minimum Gasteiger partial charge on any atom is -0.328 e. The van der Waals surface area contributed by atoms with Crippen LogP contribution in [0.4, 0.5) is 5.95 Å². The Hall–Kier alpha value is -2.60. The molecule has 1 aliphatic carbocycles. The number of rotatable bonds is 3. The number of allylic oxidation sites excluding steroid dienone is 2. The lowest BCUT2D eigenvalue weighted by molar-refractivity contribution is -0.123. The maximum absolute atomic E-state index is 12.9. The highest BCUT2D eigenvalue weighted by molar-refractivity contribution is 7.99. The van der Waals surface area contributed by atoms with E-state index < -0.39 is 0 Å². The minimum absolute atomic E-state index is 0.176. The molecule has 2 atom stereocenters. The molecular formula is C21H20N4OS. The van der Waals surface area contributed by atoms with Crippen LogP contribution in [-0.2, 0) is 4.79 Å². The van der Waals surface area contributed by atoms with Gasteiger partial charge >= 0.3 is 0 Å². The lowest BCUT2D eigenvalue weighted by Gasteiger charge is -2.36. The SMILES string of the molecule is CCSc1nc2n(n1)[C@H](c1cccc3ccccc13)[C@@H]1C(=O)CCC=C1N2. The fourth-order valence-electron chi connectivity index (χ4n) is 4.16. The van der Waals surface area contributed by atoms with Crippen LogP contribution in [0.2, 0.25) is 0 Å². The number of carbonyl (C=O) groups is 1. The Kier molecular flexibility index (Phi) is 4.01. The number of fused-ring (bicyclic) bond motifs is 3. The van der Waals surface area contributed by atoms with Crippen LogP contribution >= 0.6 is 11.8 Å². The number of aromatic nitrogens is 3. The van der Waals surface area contributed by atoms with Gasteiger partial charge in [-0.15, -0.1) is 5.10 Å². The molecular weight excluding hydrogens is 356 g/mol. The zero-order chi connectivity index (χ0) is 18.4. The molecule has 5 nitrogen and oxygen atoms in total. The van der Waals surface area contributed by atoms with E-state index in [0.29, 0.717) is 6.42 Å². The number of nitrogens with one attached hydrogen (secondary N) is 1. The highest BCUT2D eigenvalue weighted by Gasteiger charge is 2.42. The number of nitrogens with zero attached hydrogens (tertiary/aromatic N) is 3. The van der Waals surface area contributed by atoms with Crippen molar-refractivity contribution in [3.05, 3.63) is 59.8 Å². The number of benzene rings is 2. The van der Waals surface area contributed by atoms with Crippen molar-refractivity contribution in [2.24, 2.45) is 5.92 Å². The molecule has 0 unspecified atom stereocenters. The van der Waals surface area contributed by atoms with E-state index in [4.69, 9.17) is 5.10 Å². The van der Waals surface area contributed by atoms with Crippen LogP contribution in [0.3, 0.4) is 0 Å². The van der Waals surface area contributed by atoms with Gasteiger partial charge in [-0.2, -0.15) is 4.98 Å². The van der Waals surface area contributed by atoms with Crippen molar-refractivity contribution in [2.75, 3.05) is 11.1 Å². The summed E-state index contributed by atoms with van der Waals surface area (Å²) >= 11 is 1.62. The lowest BCUT2D eigenvalue weighted by atomic mass is 9.79. The number of thioether (sulfide) groups is 1. The summed E-state index contributed by atoms with van der Waals surface area (Å²) in [5, 5.41) is 11.2. The monoisotopic (exact) mass is 376 g/mol. The van der Waals surface area contributed by atoms with Crippen molar-refractivity contribution in [3.8, 4) is 0 Å². The molecule has 0 saturated carbocycles. The maximum Gasteiger partial charge on any atom is 0.227 e. The van der Waals surface area contributed by atoms with Gasteiger partial charge in [-0.1, -0.05) is 67.2 Å². The second-order valence-electron chi connectivity index (χ2n) is 6.88. The van der Waals surface area contributed by atoms with Crippen molar-refractivity contribution in [1.29, 1.82) is 0 Å². The molecule has 2 heterocycles. The highest BCUT2D eigenvalue weighted by Crippen LogP contribution is 2.43. The highest BCUT2D eigenvalue weighted by atomic mass is 32.2. The Morgan fingerprint density at radius 1 is 1.22 bits per heavy atom. The van der Waals surface area contributed by atoms with Crippen molar-refractivity contribution in [1.82, 2.24) is 14.8 Å². The zero-order valence-electron chi connectivity index (χ0n) is 15.1. The van der Waals surface area contributed by atoms with Crippen molar-refractivity contribution in [2.45, 2.75) is 31.0 Å². The standard InChI is InChI=1S/C21H20N4OS/c1-2-27-21-23-20-22-16-11-6-12-17(26)18(16)19(25(20)24-21)15-10-5-8-13-7-3-4-9-14(13)15/h3-5,7-11,18-19H,2,6,12H2,1H3,(H,22,23,24)/t18-,19+/m0/s1. The van der Waals surface area contributed by atoms with E-state index in [0.717, 1.165) is 39.9 Å². The summed E-state index contributed by atoms with van der Waals surface area (Å²) in [5.41, 5.74) is 2.09. The van der Waals surface area contributed by atoms with Gasteiger partial charge in [-0.3, -0.25) is 4.79 Å². The third-order valence-corrected chi connectivity index (χ3v) is 6.02. The van der Waals surface area contributed by atoms with Crippen LogP contribution < -0.4 is 5.32 Å². The molecule has 0 fully saturated rings. The summed E-state index contributed by atoms with van der Waals surface area (Å²) in [7, 11) is 0. The second kappa shape index (κ2) is 6.53. The van der Waals surface area contributed by atoms with Crippen LogP contribution in [-0.4, -0.2) is 26.3 Å². The Morgan fingerprint density at radius 2 is 2.07 bits per heavy atom. The first-order chi connectivity index (χ1) is 13.3. The topological polar surface area (TPSA) is 59.8 Å². The molecule has 27 heavy (non-hydrogen) atoms. The first kappa shape index (κ1) is 16.6. The lowest BCUT2D eigenvalue weighted by Crippen LogP contribution is -2.38. The van der Waals surface area contributed by atoms with Crippen molar-refractivity contribution >= 4 is 34.3 Å². The van der Waals surface area contributed by atoms with Gasteiger partial charge in [0.15, 0.2) is 0 Å². The molecule has 5 rings (SSSR count). The molecule has 6 heteroatoms. The van der Waals surface area contributed by atoms with Gasteiger partial charge < -0.3 is 5.32 Å². The molecule has 0 amide bonds. The molecule has 0 saturated heterocycles. The maximum atomic E-state index is 12.9. The molecule has 2 aromatic carbocycles. The summed E-state index contributed by atoms with van der Waals surface area (Å²) in [6.45, 7) is 2.09. The van der Waals surface area contributed by atoms with Crippen LogP contribution in [0.25, 0.3) is 10.8 Å². The molecule has 1 aliphatic heterocycles. The zero-order valence-corrected chi connectivity index (χ0v) is 15.9. The van der Waals surface area contributed by atoms with Gasteiger partial charge in [-0.25, -0.2) is 4.68 Å². The molecule has 0 radical (unpaired) electrons. The Balaban J connectivity index is 1.75. The van der Waals surface area contributed by atoms with Gasteiger partial charge in [0.25, 0.3) is 0 Å². The van der Waals surface area contributed by atoms with E-state index in [2.05, 4.69) is 53.6 Å². The Bertz CT molecular complexity index is 1070. The summed E-state index contributed by atoms with van der Waals surface area (Å²) in [5.74, 6) is 1.66. The largest absolute Gasteiger partial charge is 0.328 e. The van der Waals surface area contributed by atoms with Crippen LogP contribution in [0.1, 0.15) is 31.4 Å². The van der Waals surface area contributed by atoms with Crippen LogP contribution in [0.5, 0.6) is 0 Å². The number of hydrogen-bond acceptors (Lipinski definition) is 5. The molecule has 2 aliphatic rings. The van der Waals surface area contributed by atoms with E-state index in [1.807, 2.05) is 16.8 Å². The van der Waals surface area contributed by atoms with Crippen molar-refractivity contribution < 1.29 is 4.79 Å². The number of anilines is 1. The first-order valence-corrected chi connectivity index (χ1v) is 10.3. The van der Waals surface area contributed by atoms with Gasteiger partial charge in [0, 0.05) is 12.1 Å². The predicted molar refractivity (Wildman–Crippen MR) is 108 cm³/mol. The number of Topliss-reactive ketones (excluding diaryl/α,β-unsaturated/α-hetero) is 1. The molecule has 3 aromatic rings. The van der Waals surface area contributed by atoms with E-state index in [1.54, 1.807) is 11.8 Å². The van der Waals surface area contributed by atoms with Gasteiger partial charge in [0.2, 0.25) is 11.1 Å². The van der Waals surface area contributed by atoms with E-state index >= 15 is 0 Å². The number of carbonyl (C=O) groups excluding carboxylic acids is 1. The molecule has 0 bridgehead atoms. The fourth-order valence-corrected chi connectivity index (χ4v) is 4.72. The van der Waals surface area contributed by atoms with E-state index in [1.165, 1.54) is 5.39 Å². The van der Waals surface area contributed by atoms with Crippen molar-refractivity contribution in [3.63, 3.8) is 0 Å². The fraction of sp³-hybridized carbons (Fsp3) is 0.286. The summed E-state index contributed by atoms with van der Waals surface area (Å²) < 4.78 is 1.92.